The van der Waals surface area contributed by atoms with E-state index in [0.29, 0.717) is 6.54 Å². The van der Waals surface area contributed by atoms with Gasteiger partial charge in [-0.15, -0.1) is 0 Å². The molecular formula is C13H18N4O. The third-order valence-corrected chi connectivity index (χ3v) is 2.72. The summed E-state index contributed by atoms with van der Waals surface area (Å²) in [5.41, 5.74) is 1.20. The SMILES string of the molecule is CN=C(NCc1ccco1)NCc1cccn1C. The number of aliphatic imine (C=N–C) groups is 1. The van der Waals surface area contributed by atoms with Gasteiger partial charge in [-0.25, -0.2) is 0 Å². The Morgan fingerprint density at radius 2 is 2.11 bits per heavy atom. The van der Waals surface area contributed by atoms with Gasteiger partial charge in [0.25, 0.3) is 0 Å². The Morgan fingerprint density at radius 3 is 2.72 bits per heavy atom. The Morgan fingerprint density at radius 1 is 1.28 bits per heavy atom. The van der Waals surface area contributed by atoms with Crippen molar-refractivity contribution in [3.8, 4) is 0 Å². The zero-order valence-corrected chi connectivity index (χ0v) is 10.7. The average Bonchev–Trinajstić information content (AvgIpc) is 3.01. The fourth-order valence-corrected chi connectivity index (χ4v) is 1.66. The van der Waals surface area contributed by atoms with E-state index in [-0.39, 0.29) is 0 Å². The number of rotatable bonds is 4. The molecule has 5 nitrogen and oxygen atoms in total. The number of hydrogen-bond donors (Lipinski definition) is 2. The Kier molecular flexibility index (Phi) is 4.06. The molecule has 0 radical (unpaired) electrons. The molecule has 0 bridgehead atoms. The minimum absolute atomic E-state index is 0.625. The number of nitrogens with zero attached hydrogens (tertiary/aromatic N) is 2. The number of furan rings is 1. The summed E-state index contributed by atoms with van der Waals surface area (Å²) in [5, 5.41) is 6.44. The number of nitrogens with one attached hydrogen (secondary N) is 2. The number of hydrogen-bond acceptors (Lipinski definition) is 2. The summed E-state index contributed by atoms with van der Waals surface area (Å²) in [5.74, 6) is 1.64. The third kappa shape index (κ3) is 3.16. The first kappa shape index (κ1) is 12.3. The van der Waals surface area contributed by atoms with E-state index in [4.69, 9.17) is 4.42 Å². The van der Waals surface area contributed by atoms with Gasteiger partial charge >= 0.3 is 0 Å². The molecule has 5 heteroatoms. The maximum absolute atomic E-state index is 5.25. The van der Waals surface area contributed by atoms with Crippen molar-refractivity contribution in [2.45, 2.75) is 13.1 Å². The van der Waals surface area contributed by atoms with Crippen LogP contribution in [0.1, 0.15) is 11.5 Å². The molecular weight excluding hydrogens is 228 g/mol. The van der Waals surface area contributed by atoms with Gasteiger partial charge in [0.15, 0.2) is 5.96 Å². The molecule has 0 fully saturated rings. The summed E-state index contributed by atoms with van der Waals surface area (Å²) < 4.78 is 7.32. The van der Waals surface area contributed by atoms with Gasteiger partial charge in [0.1, 0.15) is 5.76 Å². The summed E-state index contributed by atoms with van der Waals surface area (Å²) in [6.45, 7) is 1.36. The molecule has 2 aromatic rings. The molecule has 0 spiro atoms. The third-order valence-electron chi connectivity index (χ3n) is 2.72. The summed E-state index contributed by atoms with van der Waals surface area (Å²) in [6.07, 6.45) is 3.69. The topological polar surface area (TPSA) is 54.5 Å². The van der Waals surface area contributed by atoms with E-state index >= 15 is 0 Å². The van der Waals surface area contributed by atoms with Crippen LogP contribution in [0, 0.1) is 0 Å². The fourth-order valence-electron chi connectivity index (χ4n) is 1.66. The Bertz CT molecular complexity index is 499. The van der Waals surface area contributed by atoms with Crippen molar-refractivity contribution in [3.05, 3.63) is 48.2 Å². The van der Waals surface area contributed by atoms with Gasteiger partial charge in [-0.3, -0.25) is 4.99 Å². The van der Waals surface area contributed by atoms with Gasteiger partial charge < -0.3 is 19.6 Å². The first-order valence-corrected chi connectivity index (χ1v) is 5.86. The fraction of sp³-hybridized carbons (Fsp3) is 0.308. The predicted octanol–water partition coefficient (Wildman–Crippen LogP) is 1.48. The predicted molar refractivity (Wildman–Crippen MR) is 71.2 cm³/mol. The highest BCUT2D eigenvalue weighted by atomic mass is 16.3. The number of guanidine groups is 1. The van der Waals surface area contributed by atoms with E-state index in [9.17, 15) is 0 Å². The first-order chi connectivity index (χ1) is 8.79. The van der Waals surface area contributed by atoms with Gasteiger partial charge in [0.2, 0.25) is 0 Å². The van der Waals surface area contributed by atoms with Crippen LogP contribution in [0.5, 0.6) is 0 Å². The Balaban J connectivity index is 1.81. The zero-order chi connectivity index (χ0) is 12.8. The van der Waals surface area contributed by atoms with Gasteiger partial charge in [-0.1, -0.05) is 0 Å². The normalized spacial score (nSPS) is 11.6. The maximum atomic E-state index is 5.25. The van der Waals surface area contributed by atoms with Crippen LogP contribution in [0.3, 0.4) is 0 Å². The minimum atomic E-state index is 0.625. The second kappa shape index (κ2) is 5.95. The van der Waals surface area contributed by atoms with Crippen molar-refractivity contribution < 1.29 is 4.42 Å². The van der Waals surface area contributed by atoms with Crippen molar-refractivity contribution in [1.29, 1.82) is 0 Å². The number of aromatic nitrogens is 1. The van der Waals surface area contributed by atoms with E-state index < -0.39 is 0 Å². The van der Waals surface area contributed by atoms with Crippen molar-refractivity contribution in [2.24, 2.45) is 12.0 Å². The van der Waals surface area contributed by atoms with Crippen LogP contribution in [0.15, 0.2) is 46.1 Å². The number of aryl methyl sites for hydroxylation is 1. The highest BCUT2D eigenvalue weighted by Gasteiger charge is 2.01. The molecule has 0 aliphatic rings. The molecule has 0 saturated heterocycles. The van der Waals surface area contributed by atoms with Crippen LogP contribution in [-0.4, -0.2) is 17.6 Å². The summed E-state index contributed by atoms with van der Waals surface area (Å²) >= 11 is 0. The summed E-state index contributed by atoms with van der Waals surface area (Å²) in [4.78, 5) is 4.16. The Labute approximate surface area is 107 Å². The molecule has 0 atom stereocenters. The van der Waals surface area contributed by atoms with E-state index in [2.05, 4.69) is 26.3 Å². The monoisotopic (exact) mass is 246 g/mol. The van der Waals surface area contributed by atoms with Gasteiger partial charge in [-0.05, 0) is 24.3 Å². The Hall–Kier alpha value is -2.17. The van der Waals surface area contributed by atoms with Crippen LogP contribution >= 0.6 is 0 Å². The van der Waals surface area contributed by atoms with E-state index in [1.165, 1.54) is 5.69 Å². The molecule has 0 aliphatic carbocycles. The van der Waals surface area contributed by atoms with E-state index in [1.54, 1.807) is 13.3 Å². The van der Waals surface area contributed by atoms with Crippen LogP contribution in [0.2, 0.25) is 0 Å². The van der Waals surface area contributed by atoms with Crippen molar-refractivity contribution in [2.75, 3.05) is 7.05 Å². The molecule has 0 aliphatic heterocycles. The molecule has 0 amide bonds. The van der Waals surface area contributed by atoms with Crippen molar-refractivity contribution in [1.82, 2.24) is 15.2 Å². The van der Waals surface area contributed by atoms with Gasteiger partial charge in [0, 0.05) is 26.0 Å². The molecule has 0 aromatic carbocycles. The average molecular weight is 246 g/mol. The van der Waals surface area contributed by atoms with Crippen LogP contribution < -0.4 is 10.6 Å². The lowest BCUT2D eigenvalue weighted by Crippen LogP contribution is -2.36. The smallest absolute Gasteiger partial charge is 0.191 e. The highest BCUT2D eigenvalue weighted by Crippen LogP contribution is 1.99. The standard InChI is InChI=1S/C13H18N4O/c1-14-13(16-10-12-6-4-8-18-12)15-9-11-5-3-7-17(11)2/h3-8H,9-10H2,1-2H3,(H2,14,15,16). The van der Waals surface area contributed by atoms with E-state index in [1.807, 2.05) is 31.4 Å². The quantitative estimate of drug-likeness (QED) is 0.634. The second-order valence-electron chi connectivity index (χ2n) is 3.97. The first-order valence-electron chi connectivity index (χ1n) is 5.86. The van der Waals surface area contributed by atoms with Crippen LogP contribution in [0.25, 0.3) is 0 Å². The molecule has 2 heterocycles. The van der Waals surface area contributed by atoms with Crippen molar-refractivity contribution in [3.63, 3.8) is 0 Å². The lowest BCUT2D eigenvalue weighted by Gasteiger charge is -2.11. The zero-order valence-electron chi connectivity index (χ0n) is 10.7. The van der Waals surface area contributed by atoms with Gasteiger partial charge in [0.05, 0.1) is 19.4 Å². The van der Waals surface area contributed by atoms with E-state index in [0.717, 1.165) is 18.3 Å². The summed E-state index contributed by atoms with van der Waals surface area (Å²) in [7, 11) is 3.78. The summed E-state index contributed by atoms with van der Waals surface area (Å²) in [6, 6.07) is 7.90. The van der Waals surface area contributed by atoms with Crippen LogP contribution in [-0.2, 0) is 20.1 Å². The lowest BCUT2D eigenvalue weighted by molar-refractivity contribution is 0.501. The van der Waals surface area contributed by atoms with Gasteiger partial charge in [-0.2, -0.15) is 0 Å². The molecule has 96 valence electrons. The molecule has 0 unspecified atom stereocenters. The molecule has 0 saturated carbocycles. The molecule has 2 N–H and O–H groups in total. The maximum Gasteiger partial charge on any atom is 0.191 e. The molecule has 2 rings (SSSR count). The highest BCUT2D eigenvalue weighted by molar-refractivity contribution is 5.79. The molecule has 2 aromatic heterocycles. The molecule has 18 heavy (non-hydrogen) atoms. The largest absolute Gasteiger partial charge is 0.467 e. The lowest BCUT2D eigenvalue weighted by atomic mass is 10.4. The van der Waals surface area contributed by atoms with Crippen molar-refractivity contribution >= 4 is 5.96 Å². The van der Waals surface area contributed by atoms with Crippen LogP contribution in [0.4, 0.5) is 0 Å². The second-order valence-corrected chi connectivity index (χ2v) is 3.97. The minimum Gasteiger partial charge on any atom is -0.467 e.